The average Bonchev–Trinajstić information content (AvgIpc) is 3.04. The normalized spacial score (nSPS) is 12.2. The van der Waals surface area contributed by atoms with Crippen LogP contribution >= 0.6 is 0 Å². The van der Waals surface area contributed by atoms with Crippen molar-refractivity contribution in [3.05, 3.63) is 12.2 Å². The molecule has 1 N–H and O–H groups in total. The number of unbranched alkanes of at least 4 members (excludes halogenated alkanes) is 26. The minimum Gasteiger partial charge on any atom is -0.462 e. The molecule has 0 aromatic carbocycles. The first kappa shape index (κ1) is 43.6. The van der Waals surface area contributed by atoms with Gasteiger partial charge in [0.15, 0.2) is 6.10 Å². The fraction of sp³-hybridized carbons (Fsp3) is 0.900. The summed E-state index contributed by atoms with van der Waals surface area (Å²) in [6.07, 6.45) is 41.3. The quantitative estimate of drug-likeness (QED) is 0.0421. The van der Waals surface area contributed by atoms with Gasteiger partial charge in [0.25, 0.3) is 0 Å². The molecular weight excluding hydrogens is 560 g/mol. The Hall–Kier alpha value is -1.36. The minimum absolute atomic E-state index is 0.0611. The summed E-state index contributed by atoms with van der Waals surface area (Å²) in [7, 11) is 0. The van der Waals surface area contributed by atoms with E-state index in [9.17, 15) is 14.7 Å². The van der Waals surface area contributed by atoms with E-state index in [1.54, 1.807) is 0 Å². The number of rotatable bonds is 36. The predicted octanol–water partition coefficient (Wildman–Crippen LogP) is 12.1. The summed E-state index contributed by atoms with van der Waals surface area (Å²) >= 11 is 0. The second-order valence-electron chi connectivity index (χ2n) is 13.4. The monoisotopic (exact) mass is 637 g/mol. The van der Waals surface area contributed by atoms with E-state index in [0.717, 1.165) is 38.5 Å². The summed E-state index contributed by atoms with van der Waals surface area (Å²) in [5.41, 5.74) is 0. The molecule has 0 aliphatic heterocycles. The van der Waals surface area contributed by atoms with Gasteiger partial charge in [-0.1, -0.05) is 174 Å². The van der Waals surface area contributed by atoms with Gasteiger partial charge in [-0.05, 0) is 38.5 Å². The average molecular weight is 637 g/mol. The second kappa shape index (κ2) is 37.1. The van der Waals surface area contributed by atoms with Gasteiger partial charge in [0, 0.05) is 12.8 Å². The van der Waals surface area contributed by atoms with Crippen LogP contribution in [0.15, 0.2) is 12.2 Å². The fourth-order valence-electron chi connectivity index (χ4n) is 5.78. The van der Waals surface area contributed by atoms with Gasteiger partial charge in [0.2, 0.25) is 0 Å². The number of hydrogen-bond donors (Lipinski definition) is 1. The van der Waals surface area contributed by atoms with Crippen molar-refractivity contribution < 1.29 is 24.2 Å². The van der Waals surface area contributed by atoms with Gasteiger partial charge in [-0.2, -0.15) is 0 Å². The number of aliphatic hydroxyl groups excluding tert-OH is 1. The Morgan fingerprint density at radius 3 is 1.20 bits per heavy atom. The van der Waals surface area contributed by atoms with Crippen LogP contribution in [-0.4, -0.2) is 36.4 Å². The van der Waals surface area contributed by atoms with Gasteiger partial charge in [-0.3, -0.25) is 9.59 Å². The van der Waals surface area contributed by atoms with Crippen LogP contribution in [0.5, 0.6) is 0 Å². The topological polar surface area (TPSA) is 72.8 Å². The van der Waals surface area contributed by atoms with E-state index in [0.29, 0.717) is 12.8 Å². The van der Waals surface area contributed by atoms with Crippen molar-refractivity contribution in [3.8, 4) is 0 Å². The highest BCUT2D eigenvalue weighted by molar-refractivity contribution is 5.70. The number of carbonyl (C=O) groups excluding carboxylic acids is 2. The van der Waals surface area contributed by atoms with Crippen LogP contribution in [0.2, 0.25) is 0 Å². The number of hydrogen-bond acceptors (Lipinski definition) is 5. The zero-order valence-electron chi connectivity index (χ0n) is 30.1. The van der Waals surface area contributed by atoms with Crippen LogP contribution in [-0.2, 0) is 19.1 Å². The van der Waals surface area contributed by atoms with Gasteiger partial charge in [-0.25, -0.2) is 0 Å². The van der Waals surface area contributed by atoms with Gasteiger partial charge in [0.1, 0.15) is 6.61 Å². The molecule has 45 heavy (non-hydrogen) atoms. The molecule has 5 nitrogen and oxygen atoms in total. The largest absolute Gasteiger partial charge is 0.462 e. The Balaban J connectivity index is 3.50. The predicted molar refractivity (Wildman–Crippen MR) is 192 cm³/mol. The third kappa shape index (κ3) is 35.3. The summed E-state index contributed by atoms with van der Waals surface area (Å²) in [6.45, 7) is 4.14. The SMILES string of the molecule is CCCCCCCC/C=C\CCCCCCCCCCCC(=O)OC[C@H](CO)OC(=O)CCCCCCCCCCCCCC. The first-order valence-corrected chi connectivity index (χ1v) is 19.7. The molecular formula is C40H76O5. The Morgan fingerprint density at radius 1 is 0.489 bits per heavy atom. The number of aliphatic hydroxyl groups is 1. The Labute approximate surface area is 280 Å². The summed E-state index contributed by atoms with van der Waals surface area (Å²) in [5.74, 6) is -0.584. The third-order valence-corrected chi connectivity index (χ3v) is 8.81. The van der Waals surface area contributed by atoms with E-state index >= 15 is 0 Å². The zero-order valence-corrected chi connectivity index (χ0v) is 30.1. The molecule has 0 saturated carbocycles. The molecule has 0 radical (unpaired) electrons. The van der Waals surface area contributed by atoms with E-state index in [-0.39, 0.29) is 25.2 Å². The first-order chi connectivity index (χ1) is 22.1. The van der Waals surface area contributed by atoms with Crippen LogP contribution in [0.3, 0.4) is 0 Å². The van der Waals surface area contributed by atoms with Crippen molar-refractivity contribution >= 4 is 11.9 Å². The maximum Gasteiger partial charge on any atom is 0.306 e. The Morgan fingerprint density at radius 2 is 0.822 bits per heavy atom. The Kier molecular flexibility index (Phi) is 36.0. The van der Waals surface area contributed by atoms with E-state index < -0.39 is 6.10 Å². The van der Waals surface area contributed by atoms with Crippen LogP contribution in [0.25, 0.3) is 0 Å². The summed E-state index contributed by atoms with van der Waals surface area (Å²) in [6, 6.07) is 0. The molecule has 5 heteroatoms. The van der Waals surface area contributed by atoms with Crippen molar-refractivity contribution in [1.29, 1.82) is 0 Å². The smallest absolute Gasteiger partial charge is 0.306 e. The molecule has 0 aromatic rings. The Bertz CT molecular complexity index is 647. The van der Waals surface area contributed by atoms with Crippen LogP contribution in [0, 0.1) is 0 Å². The maximum atomic E-state index is 12.1. The van der Waals surface area contributed by atoms with E-state index in [2.05, 4.69) is 26.0 Å². The molecule has 0 aliphatic carbocycles. The van der Waals surface area contributed by atoms with Crippen molar-refractivity contribution in [2.24, 2.45) is 0 Å². The lowest BCUT2D eigenvalue weighted by molar-refractivity contribution is -0.161. The van der Waals surface area contributed by atoms with Gasteiger partial charge in [0.05, 0.1) is 6.61 Å². The second-order valence-corrected chi connectivity index (χ2v) is 13.4. The lowest BCUT2D eigenvalue weighted by Gasteiger charge is -2.15. The summed E-state index contributed by atoms with van der Waals surface area (Å²) < 4.78 is 10.6. The van der Waals surface area contributed by atoms with Crippen molar-refractivity contribution in [3.63, 3.8) is 0 Å². The van der Waals surface area contributed by atoms with Crippen molar-refractivity contribution in [2.75, 3.05) is 13.2 Å². The van der Waals surface area contributed by atoms with Crippen LogP contribution in [0.4, 0.5) is 0 Å². The molecule has 1 atom stereocenters. The van der Waals surface area contributed by atoms with Gasteiger partial charge < -0.3 is 14.6 Å². The van der Waals surface area contributed by atoms with Crippen LogP contribution < -0.4 is 0 Å². The molecule has 0 aromatic heterocycles. The maximum absolute atomic E-state index is 12.1. The third-order valence-electron chi connectivity index (χ3n) is 8.81. The lowest BCUT2D eigenvalue weighted by Crippen LogP contribution is -2.28. The molecule has 266 valence electrons. The zero-order chi connectivity index (χ0) is 32.9. The van der Waals surface area contributed by atoms with Crippen molar-refractivity contribution in [1.82, 2.24) is 0 Å². The van der Waals surface area contributed by atoms with Crippen molar-refractivity contribution in [2.45, 2.75) is 219 Å². The highest BCUT2D eigenvalue weighted by Crippen LogP contribution is 2.14. The number of allylic oxidation sites excluding steroid dienone is 2. The summed E-state index contributed by atoms with van der Waals surface area (Å²) in [5, 5.41) is 9.53. The summed E-state index contributed by atoms with van der Waals surface area (Å²) in [4.78, 5) is 24.2. The highest BCUT2D eigenvalue weighted by Gasteiger charge is 2.16. The van der Waals surface area contributed by atoms with E-state index in [1.807, 2.05) is 0 Å². The molecule has 0 fully saturated rings. The lowest BCUT2D eigenvalue weighted by atomic mass is 10.0. The highest BCUT2D eigenvalue weighted by atomic mass is 16.6. The molecule has 0 heterocycles. The molecule has 0 unspecified atom stereocenters. The number of esters is 2. The molecule has 0 saturated heterocycles. The number of carbonyl (C=O) groups is 2. The molecule has 0 amide bonds. The molecule has 0 spiro atoms. The minimum atomic E-state index is -0.764. The van der Waals surface area contributed by atoms with Crippen LogP contribution in [0.1, 0.15) is 213 Å². The van der Waals surface area contributed by atoms with Gasteiger partial charge in [-0.15, -0.1) is 0 Å². The molecule has 0 aliphatic rings. The standard InChI is InChI=1S/C40H76O5/c1-3-5-7-9-11-13-15-17-18-19-20-21-22-23-25-26-28-30-32-34-39(42)44-37-38(36-41)45-40(43)35-33-31-29-27-24-16-14-12-10-8-6-4-2/h17-18,38,41H,3-16,19-37H2,1-2H3/b18-17-/t38-/m0/s1. The fourth-order valence-corrected chi connectivity index (χ4v) is 5.78. The first-order valence-electron chi connectivity index (χ1n) is 19.7. The van der Waals surface area contributed by atoms with E-state index in [4.69, 9.17) is 9.47 Å². The van der Waals surface area contributed by atoms with Gasteiger partial charge >= 0.3 is 11.9 Å². The molecule has 0 rings (SSSR count). The number of ether oxygens (including phenoxy) is 2. The molecule has 0 bridgehead atoms. The van der Waals surface area contributed by atoms with E-state index in [1.165, 1.54) is 148 Å².